The highest BCUT2D eigenvalue weighted by Crippen LogP contribution is 2.30. The van der Waals surface area contributed by atoms with Gasteiger partial charge in [-0.05, 0) is 25.0 Å². The van der Waals surface area contributed by atoms with Crippen LogP contribution in [0, 0.1) is 5.82 Å². The smallest absolute Gasteiger partial charge is 0.321 e. The minimum atomic E-state index is -0.626. The van der Waals surface area contributed by atoms with E-state index in [1.807, 2.05) is 0 Å². The summed E-state index contributed by atoms with van der Waals surface area (Å²) >= 11 is 7.37. The Kier molecular flexibility index (Phi) is 5.50. The summed E-state index contributed by atoms with van der Waals surface area (Å²) in [6.45, 7) is 0.746. The van der Waals surface area contributed by atoms with Crippen LogP contribution in [0.4, 0.5) is 14.3 Å². The van der Waals surface area contributed by atoms with E-state index in [0.29, 0.717) is 24.6 Å². The molecule has 2 heterocycles. The van der Waals surface area contributed by atoms with E-state index in [2.05, 4.69) is 15.6 Å². The van der Waals surface area contributed by atoms with E-state index < -0.39 is 11.7 Å². The molecule has 2 aromatic rings. The maximum Gasteiger partial charge on any atom is 0.321 e. The maximum atomic E-state index is 14.1. The second-order valence-corrected chi connectivity index (χ2v) is 8.53. The number of amides is 3. The number of thiazole rings is 1. The molecule has 1 aliphatic carbocycles. The third kappa shape index (κ3) is 3.98. The lowest BCUT2D eigenvalue weighted by Gasteiger charge is -2.26. The number of anilines is 1. The Morgan fingerprint density at radius 2 is 2.07 bits per heavy atom. The number of hydrogen-bond acceptors (Lipinski definition) is 4. The first-order valence-corrected chi connectivity index (χ1v) is 10.5. The number of rotatable bonds is 3. The zero-order chi connectivity index (χ0) is 19.7. The van der Waals surface area contributed by atoms with Gasteiger partial charge in [0.05, 0.1) is 22.8 Å². The molecule has 0 atom stereocenters. The maximum absolute atomic E-state index is 14.1. The third-order valence-electron chi connectivity index (χ3n) is 5.11. The minimum Gasteiger partial charge on any atom is -0.335 e. The molecule has 6 nitrogen and oxygen atoms in total. The Balaban J connectivity index is 1.43. The molecule has 0 spiro atoms. The zero-order valence-electron chi connectivity index (χ0n) is 15.1. The van der Waals surface area contributed by atoms with Crippen LogP contribution in [-0.4, -0.2) is 34.4 Å². The number of halogens is 2. The van der Waals surface area contributed by atoms with E-state index in [0.717, 1.165) is 36.3 Å². The fourth-order valence-corrected chi connectivity index (χ4v) is 4.93. The topological polar surface area (TPSA) is 74.3 Å². The number of aromatic nitrogens is 1. The second-order valence-electron chi connectivity index (χ2n) is 7.04. The fraction of sp³-hybridized carbons (Fsp3) is 0.421. The highest BCUT2D eigenvalue weighted by molar-refractivity contribution is 7.15. The van der Waals surface area contributed by atoms with Gasteiger partial charge in [0.2, 0.25) is 0 Å². The lowest BCUT2D eigenvalue weighted by atomic mass is 10.1. The normalized spacial score (nSPS) is 16.7. The zero-order valence-corrected chi connectivity index (χ0v) is 16.7. The molecule has 2 aliphatic rings. The molecule has 3 amide bonds. The van der Waals surface area contributed by atoms with Gasteiger partial charge in [-0.1, -0.05) is 41.8 Å². The van der Waals surface area contributed by atoms with Crippen molar-refractivity contribution in [1.29, 1.82) is 0 Å². The van der Waals surface area contributed by atoms with Crippen LogP contribution in [0.25, 0.3) is 0 Å². The molecule has 2 N–H and O–H groups in total. The lowest BCUT2D eigenvalue weighted by Crippen LogP contribution is -2.36. The predicted molar refractivity (Wildman–Crippen MR) is 106 cm³/mol. The summed E-state index contributed by atoms with van der Waals surface area (Å²) in [7, 11) is 0. The van der Waals surface area contributed by atoms with Crippen molar-refractivity contribution in [3.8, 4) is 0 Å². The molecule has 28 heavy (non-hydrogen) atoms. The van der Waals surface area contributed by atoms with Gasteiger partial charge in [-0.3, -0.25) is 10.1 Å². The highest BCUT2D eigenvalue weighted by atomic mass is 35.5. The Morgan fingerprint density at radius 1 is 1.29 bits per heavy atom. The van der Waals surface area contributed by atoms with Crippen LogP contribution in [0.3, 0.4) is 0 Å². The molecular formula is C19H20ClFN4O2S. The van der Waals surface area contributed by atoms with Gasteiger partial charge in [-0.2, -0.15) is 0 Å². The van der Waals surface area contributed by atoms with Crippen molar-refractivity contribution >= 4 is 40.0 Å². The van der Waals surface area contributed by atoms with Crippen LogP contribution in [0.15, 0.2) is 18.2 Å². The minimum absolute atomic E-state index is 0.103. The van der Waals surface area contributed by atoms with Gasteiger partial charge in [-0.15, -0.1) is 0 Å². The average Bonchev–Trinajstić information content (AvgIpc) is 3.29. The molecule has 0 saturated heterocycles. The summed E-state index contributed by atoms with van der Waals surface area (Å²) < 4.78 is 14.1. The van der Waals surface area contributed by atoms with E-state index in [1.54, 1.807) is 4.90 Å². The number of nitrogens with zero attached hydrogens (tertiary/aromatic N) is 2. The third-order valence-corrected chi connectivity index (χ3v) is 6.42. The molecule has 0 unspecified atom stereocenters. The van der Waals surface area contributed by atoms with E-state index in [9.17, 15) is 14.0 Å². The SMILES string of the molecule is O=C(Nc1nc2c(s1)CN(C(=O)c1c(F)cccc1Cl)CC2)NC1CCCC1. The number of nitrogens with one attached hydrogen (secondary N) is 2. The molecular weight excluding hydrogens is 403 g/mol. The van der Waals surface area contributed by atoms with Gasteiger partial charge < -0.3 is 10.2 Å². The number of carbonyl (C=O) groups is 2. The first-order chi connectivity index (χ1) is 13.5. The van der Waals surface area contributed by atoms with Crippen molar-refractivity contribution in [2.24, 2.45) is 0 Å². The molecule has 148 valence electrons. The van der Waals surface area contributed by atoms with Gasteiger partial charge in [0.15, 0.2) is 5.13 Å². The van der Waals surface area contributed by atoms with E-state index in [1.165, 1.54) is 29.5 Å². The number of carbonyl (C=O) groups excluding carboxylic acids is 2. The van der Waals surface area contributed by atoms with Gasteiger partial charge in [0.25, 0.3) is 5.91 Å². The van der Waals surface area contributed by atoms with Crippen molar-refractivity contribution in [2.45, 2.75) is 44.7 Å². The quantitative estimate of drug-likeness (QED) is 0.778. The van der Waals surface area contributed by atoms with Gasteiger partial charge in [0.1, 0.15) is 5.82 Å². The summed E-state index contributed by atoms with van der Waals surface area (Å²) in [6, 6.07) is 4.19. The van der Waals surface area contributed by atoms with Crippen LogP contribution in [0.1, 0.15) is 46.6 Å². The Morgan fingerprint density at radius 3 is 2.82 bits per heavy atom. The molecule has 4 rings (SSSR count). The van der Waals surface area contributed by atoms with E-state index in [-0.39, 0.29) is 22.7 Å². The van der Waals surface area contributed by atoms with Crippen molar-refractivity contribution in [2.75, 3.05) is 11.9 Å². The number of urea groups is 1. The second kappa shape index (κ2) is 8.05. The molecule has 0 radical (unpaired) electrons. The molecule has 1 saturated carbocycles. The molecule has 9 heteroatoms. The average molecular weight is 423 g/mol. The fourth-order valence-electron chi connectivity index (χ4n) is 3.67. The Hall–Kier alpha value is -2.19. The number of fused-ring (bicyclic) bond motifs is 1. The Bertz CT molecular complexity index is 893. The van der Waals surface area contributed by atoms with Crippen LogP contribution >= 0.6 is 22.9 Å². The molecule has 0 bridgehead atoms. The van der Waals surface area contributed by atoms with Crippen LogP contribution in [-0.2, 0) is 13.0 Å². The van der Waals surface area contributed by atoms with E-state index in [4.69, 9.17) is 11.6 Å². The summed E-state index contributed by atoms with van der Waals surface area (Å²) in [5, 5.41) is 6.37. The number of benzene rings is 1. The monoisotopic (exact) mass is 422 g/mol. The standard InChI is InChI=1S/C19H20ClFN4O2S/c20-12-6-3-7-13(21)16(12)17(26)25-9-8-14-15(10-25)28-19(23-14)24-18(27)22-11-4-1-2-5-11/h3,6-7,11H,1-2,4-5,8-10H2,(H2,22,23,24,27). The van der Waals surface area contributed by atoms with Gasteiger partial charge >= 0.3 is 6.03 Å². The van der Waals surface area contributed by atoms with Crippen molar-refractivity contribution < 1.29 is 14.0 Å². The van der Waals surface area contributed by atoms with Crippen molar-refractivity contribution in [3.05, 3.63) is 45.2 Å². The van der Waals surface area contributed by atoms with Gasteiger partial charge in [0, 0.05) is 23.9 Å². The van der Waals surface area contributed by atoms with Crippen LogP contribution in [0.5, 0.6) is 0 Å². The predicted octanol–water partition coefficient (Wildman–Crippen LogP) is 4.20. The molecule has 1 fully saturated rings. The van der Waals surface area contributed by atoms with E-state index >= 15 is 0 Å². The summed E-state index contributed by atoms with van der Waals surface area (Å²) in [4.78, 5) is 31.8. The van der Waals surface area contributed by atoms with Gasteiger partial charge in [-0.25, -0.2) is 14.2 Å². The first-order valence-electron chi connectivity index (χ1n) is 9.30. The summed E-state index contributed by atoms with van der Waals surface area (Å²) in [6.07, 6.45) is 4.86. The van der Waals surface area contributed by atoms with Crippen LogP contribution < -0.4 is 10.6 Å². The van der Waals surface area contributed by atoms with Crippen molar-refractivity contribution in [1.82, 2.24) is 15.2 Å². The first kappa shape index (κ1) is 19.1. The molecule has 1 aliphatic heterocycles. The van der Waals surface area contributed by atoms with Crippen LogP contribution in [0.2, 0.25) is 5.02 Å². The molecule has 1 aromatic carbocycles. The summed E-state index contributed by atoms with van der Waals surface area (Å²) in [5.41, 5.74) is 0.760. The molecule has 1 aromatic heterocycles. The van der Waals surface area contributed by atoms with Crippen molar-refractivity contribution in [3.63, 3.8) is 0 Å². The largest absolute Gasteiger partial charge is 0.335 e. The lowest BCUT2D eigenvalue weighted by molar-refractivity contribution is 0.0731. The number of hydrogen-bond donors (Lipinski definition) is 2. The Labute approximate surface area is 171 Å². The highest BCUT2D eigenvalue weighted by Gasteiger charge is 2.28. The summed E-state index contributed by atoms with van der Waals surface area (Å²) in [5.74, 6) is -1.06.